The topological polar surface area (TPSA) is 15.3 Å². The van der Waals surface area contributed by atoms with Gasteiger partial charge in [-0.3, -0.25) is 4.90 Å². The van der Waals surface area contributed by atoms with Crippen LogP contribution in [-0.4, -0.2) is 31.1 Å². The highest BCUT2D eigenvalue weighted by Gasteiger charge is 2.27. The monoisotopic (exact) mass is 288 g/mol. The smallest absolute Gasteiger partial charge is 0.149 e. The molecule has 0 aliphatic carbocycles. The standard InChI is InChI=1S/C14H19ClF2N2/c1-2-3-12(19-8-6-18-7-9-19)13-11(16)5-4-10(15)14(13)17/h4-5,12,18H,2-3,6-9H2,1H3/t12-/m0/s1. The van der Waals surface area contributed by atoms with Crippen LogP contribution in [0, 0.1) is 11.6 Å². The van der Waals surface area contributed by atoms with Crippen molar-refractivity contribution in [1.82, 2.24) is 10.2 Å². The Balaban J connectivity index is 2.35. The molecule has 106 valence electrons. The van der Waals surface area contributed by atoms with Gasteiger partial charge >= 0.3 is 0 Å². The molecule has 0 unspecified atom stereocenters. The molecule has 1 atom stereocenters. The number of hydrogen-bond acceptors (Lipinski definition) is 2. The van der Waals surface area contributed by atoms with Crippen LogP contribution in [0.15, 0.2) is 12.1 Å². The van der Waals surface area contributed by atoms with Crippen LogP contribution in [0.3, 0.4) is 0 Å². The van der Waals surface area contributed by atoms with E-state index in [1.807, 2.05) is 6.92 Å². The predicted molar refractivity (Wildman–Crippen MR) is 73.5 cm³/mol. The van der Waals surface area contributed by atoms with Gasteiger partial charge in [-0.1, -0.05) is 24.9 Å². The van der Waals surface area contributed by atoms with Crippen molar-refractivity contribution in [3.05, 3.63) is 34.4 Å². The Labute approximate surface area is 117 Å². The Morgan fingerprint density at radius 3 is 2.63 bits per heavy atom. The molecule has 1 fully saturated rings. The summed E-state index contributed by atoms with van der Waals surface area (Å²) in [7, 11) is 0. The minimum atomic E-state index is -0.612. The molecule has 0 radical (unpaired) electrons. The lowest BCUT2D eigenvalue weighted by Gasteiger charge is -2.35. The molecule has 5 heteroatoms. The molecule has 1 aliphatic heterocycles. The molecule has 1 N–H and O–H groups in total. The summed E-state index contributed by atoms with van der Waals surface area (Å²) in [6.45, 7) is 5.33. The normalized spacial score (nSPS) is 18.5. The maximum atomic E-state index is 14.2. The van der Waals surface area contributed by atoms with Crippen LogP contribution in [0.2, 0.25) is 5.02 Å². The van der Waals surface area contributed by atoms with Crippen molar-refractivity contribution in [2.24, 2.45) is 0 Å². The maximum absolute atomic E-state index is 14.2. The first-order valence-corrected chi connectivity index (χ1v) is 7.11. The molecule has 2 nitrogen and oxygen atoms in total. The highest BCUT2D eigenvalue weighted by atomic mass is 35.5. The van der Waals surface area contributed by atoms with Gasteiger partial charge in [-0.05, 0) is 18.6 Å². The van der Waals surface area contributed by atoms with Gasteiger partial charge < -0.3 is 5.32 Å². The van der Waals surface area contributed by atoms with E-state index in [0.717, 1.165) is 39.0 Å². The van der Waals surface area contributed by atoms with Gasteiger partial charge in [0.1, 0.15) is 11.6 Å². The molecule has 0 saturated carbocycles. The van der Waals surface area contributed by atoms with Crippen molar-refractivity contribution in [1.29, 1.82) is 0 Å². The SMILES string of the molecule is CCC[C@@H](c1c(F)ccc(Cl)c1F)N1CCNCC1. The van der Waals surface area contributed by atoms with Gasteiger partial charge in [0.2, 0.25) is 0 Å². The molecule has 0 spiro atoms. The number of piperazine rings is 1. The van der Waals surface area contributed by atoms with Gasteiger partial charge in [0, 0.05) is 37.8 Å². The van der Waals surface area contributed by atoms with Gasteiger partial charge in [-0.2, -0.15) is 0 Å². The van der Waals surface area contributed by atoms with E-state index in [4.69, 9.17) is 11.6 Å². The van der Waals surface area contributed by atoms with Gasteiger partial charge in [0.25, 0.3) is 0 Å². The van der Waals surface area contributed by atoms with Crippen LogP contribution in [0.5, 0.6) is 0 Å². The minimum absolute atomic E-state index is 0.00682. The maximum Gasteiger partial charge on any atom is 0.149 e. The van der Waals surface area contributed by atoms with E-state index in [1.165, 1.54) is 12.1 Å². The van der Waals surface area contributed by atoms with Crippen LogP contribution in [-0.2, 0) is 0 Å². The molecular formula is C14H19ClF2N2. The molecule has 1 aliphatic rings. The number of nitrogens with zero attached hydrogens (tertiary/aromatic N) is 1. The summed E-state index contributed by atoms with van der Waals surface area (Å²) < 4.78 is 28.2. The number of hydrogen-bond donors (Lipinski definition) is 1. The Morgan fingerprint density at radius 1 is 1.32 bits per heavy atom. The lowest BCUT2D eigenvalue weighted by Crippen LogP contribution is -2.45. The molecule has 0 bridgehead atoms. The summed E-state index contributed by atoms with van der Waals surface area (Å²) in [5, 5.41) is 3.24. The van der Waals surface area contributed by atoms with Crippen LogP contribution >= 0.6 is 11.6 Å². The second kappa shape index (κ2) is 6.64. The number of nitrogens with one attached hydrogen (secondary N) is 1. The van der Waals surface area contributed by atoms with Gasteiger partial charge in [0.05, 0.1) is 5.02 Å². The summed E-state index contributed by atoms with van der Waals surface area (Å²) in [5.41, 5.74) is 0.122. The quantitative estimate of drug-likeness (QED) is 0.855. The van der Waals surface area contributed by atoms with E-state index in [2.05, 4.69) is 10.2 Å². The highest BCUT2D eigenvalue weighted by molar-refractivity contribution is 6.30. The Bertz CT molecular complexity index is 434. The van der Waals surface area contributed by atoms with E-state index < -0.39 is 11.6 Å². The van der Waals surface area contributed by atoms with Gasteiger partial charge in [-0.15, -0.1) is 0 Å². The van der Waals surface area contributed by atoms with E-state index in [1.54, 1.807) is 0 Å². The van der Waals surface area contributed by atoms with Crippen molar-refractivity contribution in [3.63, 3.8) is 0 Å². The number of benzene rings is 1. The Morgan fingerprint density at radius 2 is 2.00 bits per heavy atom. The van der Waals surface area contributed by atoms with Crippen molar-refractivity contribution in [2.45, 2.75) is 25.8 Å². The second-order valence-corrected chi connectivity index (χ2v) is 5.25. The lowest BCUT2D eigenvalue weighted by molar-refractivity contribution is 0.158. The summed E-state index contributed by atoms with van der Waals surface area (Å²) in [6.07, 6.45) is 1.61. The van der Waals surface area contributed by atoms with Crippen LogP contribution in [0.25, 0.3) is 0 Å². The highest BCUT2D eigenvalue weighted by Crippen LogP contribution is 2.33. The fourth-order valence-corrected chi connectivity index (χ4v) is 2.79. The van der Waals surface area contributed by atoms with Crippen molar-refractivity contribution in [3.8, 4) is 0 Å². The first-order valence-electron chi connectivity index (χ1n) is 6.73. The van der Waals surface area contributed by atoms with E-state index in [9.17, 15) is 8.78 Å². The third-order valence-electron chi connectivity index (χ3n) is 3.57. The fraction of sp³-hybridized carbons (Fsp3) is 0.571. The minimum Gasteiger partial charge on any atom is -0.314 e. The van der Waals surface area contributed by atoms with E-state index in [-0.39, 0.29) is 16.6 Å². The molecule has 1 aromatic carbocycles. The van der Waals surface area contributed by atoms with Crippen LogP contribution in [0.4, 0.5) is 8.78 Å². The third kappa shape index (κ3) is 3.25. The molecule has 19 heavy (non-hydrogen) atoms. The third-order valence-corrected chi connectivity index (χ3v) is 3.86. The lowest BCUT2D eigenvalue weighted by atomic mass is 9.98. The zero-order valence-electron chi connectivity index (χ0n) is 11.1. The molecule has 2 rings (SSSR count). The van der Waals surface area contributed by atoms with Gasteiger partial charge in [0.15, 0.2) is 0 Å². The summed E-state index contributed by atoms with van der Waals surface area (Å²) >= 11 is 5.80. The van der Waals surface area contributed by atoms with Crippen molar-refractivity contribution < 1.29 is 8.78 Å². The molecule has 1 aromatic rings. The summed E-state index contributed by atoms with van der Waals surface area (Å²) in [4.78, 5) is 2.14. The molecule has 0 amide bonds. The molecule has 1 heterocycles. The molecule has 0 aromatic heterocycles. The summed E-state index contributed by atoms with van der Waals surface area (Å²) in [6, 6.07) is 2.30. The van der Waals surface area contributed by atoms with Crippen molar-refractivity contribution >= 4 is 11.6 Å². The first kappa shape index (κ1) is 14.7. The predicted octanol–water partition coefficient (Wildman–Crippen LogP) is 3.36. The van der Waals surface area contributed by atoms with E-state index in [0.29, 0.717) is 0 Å². The number of halogens is 3. The molecule has 1 saturated heterocycles. The first-order chi connectivity index (χ1) is 9.15. The largest absolute Gasteiger partial charge is 0.314 e. The van der Waals surface area contributed by atoms with Crippen molar-refractivity contribution in [2.75, 3.05) is 26.2 Å². The van der Waals surface area contributed by atoms with Crippen LogP contribution in [0.1, 0.15) is 31.4 Å². The summed E-state index contributed by atoms with van der Waals surface area (Å²) in [5.74, 6) is -1.11. The zero-order chi connectivity index (χ0) is 13.8. The average molecular weight is 289 g/mol. The van der Waals surface area contributed by atoms with E-state index >= 15 is 0 Å². The molecular weight excluding hydrogens is 270 g/mol. The Kier molecular flexibility index (Phi) is 5.13. The van der Waals surface area contributed by atoms with Gasteiger partial charge in [-0.25, -0.2) is 8.78 Å². The average Bonchev–Trinajstić information content (AvgIpc) is 2.43. The Hall–Kier alpha value is -0.710. The zero-order valence-corrected chi connectivity index (χ0v) is 11.8. The number of rotatable bonds is 4. The second-order valence-electron chi connectivity index (χ2n) is 4.85. The van der Waals surface area contributed by atoms with Crippen LogP contribution < -0.4 is 5.32 Å². The fourth-order valence-electron chi connectivity index (χ4n) is 2.62.